The molecule has 1 aromatic carbocycles. The van der Waals surface area contributed by atoms with Crippen molar-refractivity contribution in [3.63, 3.8) is 0 Å². The zero-order valence-electron chi connectivity index (χ0n) is 19.7. The number of ether oxygens (including phenoxy) is 2. The minimum absolute atomic E-state index is 0.178. The molecule has 1 saturated heterocycles. The molecule has 34 heavy (non-hydrogen) atoms. The zero-order chi connectivity index (χ0) is 22.9. The third-order valence-corrected chi connectivity index (χ3v) is 7.07. The molecule has 2 aromatic heterocycles. The first kappa shape index (κ1) is 21.5. The van der Waals surface area contributed by atoms with Crippen molar-refractivity contribution in [2.24, 2.45) is 0 Å². The van der Waals surface area contributed by atoms with Gasteiger partial charge in [-0.3, -0.25) is 4.98 Å². The number of rotatable bonds is 6. The average molecular weight is 461 g/mol. The highest BCUT2D eigenvalue weighted by Crippen LogP contribution is 2.40. The number of nitrogens with zero attached hydrogens (tertiary/aromatic N) is 5. The number of aromatic nitrogens is 4. The average Bonchev–Trinajstić information content (AvgIpc) is 3.71. The molecule has 2 aliphatic carbocycles. The Balaban J connectivity index is 1.13. The summed E-state index contributed by atoms with van der Waals surface area (Å²) in [5, 5.41) is 3.66. The monoisotopic (exact) mass is 460 g/mol. The minimum Gasteiger partial charge on any atom is -0.488 e. The first-order chi connectivity index (χ1) is 16.7. The van der Waals surface area contributed by atoms with Crippen molar-refractivity contribution in [2.45, 2.75) is 63.5 Å². The molecule has 8 heteroatoms. The molecule has 0 atom stereocenters. The molecule has 8 nitrogen and oxygen atoms in total. The fraction of sp³-hybridized carbons (Fsp3) is 0.538. The molecule has 3 aliphatic rings. The van der Waals surface area contributed by atoms with E-state index in [9.17, 15) is 0 Å². The number of hydrogen-bond donors (Lipinski definition) is 1. The van der Waals surface area contributed by atoms with Crippen molar-refractivity contribution < 1.29 is 9.47 Å². The summed E-state index contributed by atoms with van der Waals surface area (Å²) >= 11 is 0. The van der Waals surface area contributed by atoms with Crippen molar-refractivity contribution in [1.29, 1.82) is 0 Å². The van der Waals surface area contributed by atoms with Crippen LogP contribution < -0.4 is 15.0 Å². The summed E-state index contributed by atoms with van der Waals surface area (Å²) in [6.45, 7) is 5.25. The Morgan fingerprint density at radius 3 is 2.53 bits per heavy atom. The second-order valence-electron chi connectivity index (χ2n) is 9.70. The number of aryl methyl sites for hydroxylation is 1. The van der Waals surface area contributed by atoms with Crippen LogP contribution in [0.15, 0.2) is 30.6 Å². The normalized spacial score (nSPS) is 23.1. The molecular weight excluding hydrogens is 428 g/mol. The molecular formula is C26H32N6O2. The third-order valence-electron chi connectivity index (χ3n) is 7.07. The van der Waals surface area contributed by atoms with Gasteiger partial charge in [0, 0.05) is 61.0 Å². The summed E-state index contributed by atoms with van der Waals surface area (Å²) in [5.74, 6) is 3.30. The fourth-order valence-corrected chi connectivity index (χ4v) is 5.09. The fourth-order valence-electron chi connectivity index (χ4n) is 5.09. The van der Waals surface area contributed by atoms with Gasteiger partial charge >= 0.3 is 0 Å². The van der Waals surface area contributed by atoms with Crippen molar-refractivity contribution in [2.75, 3.05) is 36.5 Å². The van der Waals surface area contributed by atoms with E-state index in [1.54, 1.807) is 12.4 Å². The molecule has 2 saturated carbocycles. The van der Waals surface area contributed by atoms with Gasteiger partial charge < -0.3 is 19.7 Å². The van der Waals surface area contributed by atoms with E-state index in [0.29, 0.717) is 12.0 Å². The van der Waals surface area contributed by atoms with Gasteiger partial charge in [0.25, 0.3) is 0 Å². The van der Waals surface area contributed by atoms with Crippen LogP contribution in [-0.4, -0.2) is 58.4 Å². The molecule has 3 fully saturated rings. The van der Waals surface area contributed by atoms with Gasteiger partial charge in [-0.2, -0.15) is 0 Å². The van der Waals surface area contributed by atoms with Crippen molar-refractivity contribution in [3.05, 3.63) is 42.1 Å². The molecule has 3 heterocycles. The van der Waals surface area contributed by atoms with Crippen LogP contribution in [0.4, 0.5) is 11.5 Å². The number of hydrogen-bond acceptors (Lipinski definition) is 8. The van der Waals surface area contributed by atoms with Gasteiger partial charge in [0.15, 0.2) is 0 Å². The van der Waals surface area contributed by atoms with Crippen molar-refractivity contribution >= 4 is 22.5 Å². The number of morpholine rings is 1. The maximum atomic E-state index is 6.56. The van der Waals surface area contributed by atoms with Gasteiger partial charge in [0.2, 0.25) is 0 Å². The molecule has 6 rings (SSSR count). The first-order valence-electron chi connectivity index (χ1n) is 12.6. The van der Waals surface area contributed by atoms with Crippen LogP contribution in [0.3, 0.4) is 0 Å². The van der Waals surface area contributed by atoms with Gasteiger partial charge in [-0.15, -0.1) is 0 Å². The first-order valence-corrected chi connectivity index (χ1v) is 12.6. The summed E-state index contributed by atoms with van der Waals surface area (Å²) in [4.78, 5) is 20.7. The van der Waals surface area contributed by atoms with E-state index in [1.807, 2.05) is 6.92 Å². The van der Waals surface area contributed by atoms with Gasteiger partial charge in [0.1, 0.15) is 22.9 Å². The van der Waals surface area contributed by atoms with Gasteiger partial charge in [0.05, 0.1) is 24.8 Å². The quantitative estimate of drug-likeness (QED) is 0.585. The molecule has 178 valence electrons. The van der Waals surface area contributed by atoms with Crippen LogP contribution in [0.2, 0.25) is 0 Å². The highest BCUT2D eigenvalue weighted by atomic mass is 16.5. The van der Waals surface area contributed by atoms with E-state index in [2.05, 4.69) is 48.4 Å². The largest absolute Gasteiger partial charge is 0.488 e. The van der Waals surface area contributed by atoms with Crippen LogP contribution >= 0.6 is 0 Å². The number of anilines is 2. The molecule has 1 N–H and O–H groups in total. The second-order valence-corrected chi connectivity index (χ2v) is 9.70. The van der Waals surface area contributed by atoms with Crippen molar-refractivity contribution in [3.8, 4) is 5.75 Å². The molecule has 0 amide bonds. The van der Waals surface area contributed by atoms with Crippen LogP contribution in [0.5, 0.6) is 5.75 Å². The number of fused-ring (bicyclic) bond motifs is 1. The summed E-state index contributed by atoms with van der Waals surface area (Å²) < 4.78 is 12.1. The molecule has 0 bridgehead atoms. The molecule has 1 aliphatic heterocycles. The summed E-state index contributed by atoms with van der Waals surface area (Å²) in [6.07, 6.45) is 10.3. The Labute approximate surface area is 200 Å². The lowest BCUT2D eigenvalue weighted by atomic mass is 9.93. The standard InChI is InChI=1S/C26H32N6O2/c1-17-29-22(18-2-3-18)16-25(30-17)31-19-4-6-21(7-5-19)34-24-15-20(32-10-12-33-13-11-32)14-23-26(24)28-9-8-27-23/h8-9,14-16,18-19,21H,2-7,10-13H2,1H3,(H,29,30,31). The van der Waals surface area contributed by atoms with E-state index < -0.39 is 0 Å². The van der Waals surface area contributed by atoms with Crippen LogP contribution in [0.25, 0.3) is 11.0 Å². The summed E-state index contributed by atoms with van der Waals surface area (Å²) in [5.41, 5.74) is 4.04. The minimum atomic E-state index is 0.178. The topological polar surface area (TPSA) is 85.3 Å². The number of benzene rings is 1. The Kier molecular flexibility index (Phi) is 5.91. The van der Waals surface area contributed by atoms with Crippen LogP contribution in [0, 0.1) is 6.92 Å². The highest BCUT2D eigenvalue weighted by molar-refractivity contribution is 5.85. The van der Waals surface area contributed by atoms with E-state index in [0.717, 1.165) is 86.1 Å². The maximum Gasteiger partial charge on any atom is 0.149 e. The Bertz CT molecular complexity index is 1150. The number of nitrogens with one attached hydrogen (secondary N) is 1. The Morgan fingerprint density at radius 1 is 0.941 bits per heavy atom. The van der Waals surface area contributed by atoms with Gasteiger partial charge in [-0.05, 0) is 51.5 Å². The van der Waals surface area contributed by atoms with Crippen LogP contribution in [0.1, 0.15) is 56.0 Å². The summed E-state index contributed by atoms with van der Waals surface area (Å²) in [7, 11) is 0. The van der Waals surface area contributed by atoms with Gasteiger partial charge in [-0.1, -0.05) is 0 Å². The van der Waals surface area contributed by atoms with Crippen LogP contribution in [-0.2, 0) is 4.74 Å². The van der Waals surface area contributed by atoms with E-state index >= 15 is 0 Å². The third kappa shape index (κ3) is 4.78. The molecule has 3 aromatic rings. The van der Waals surface area contributed by atoms with Crippen molar-refractivity contribution in [1.82, 2.24) is 19.9 Å². The predicted octanol–water partition coefficient (Wildman–Crippen LogP) is 4.24. The SMILES string of the molecule is Cc1nc(NC2CCC(Oc3cc(N4CCOCC4)cc4nccnc34)CC2)cc(C2CC2)n1. The lowest BCUT2D eigenvalue weighted by molar-refractivity contribution is 0.122. The van der Waals surface area contributed by atoms with E-state index in [-0.39, 0.29) is 6.10 Å². The predicted molar refractivity (Wildman–Crippen MR) is 132 cm³/mol. The smallest absolute Gasteiger partial charge is 0.149 e. The lowest BCUT2D eigenvalue weighted by Crippen LogP contribution is -2.36. The molecule has 0 unspecified atom stereocenters. The molecule has 0 spiro atoms. The molecule has 0 radical (unpaired) electrons. The highest BCUT2D eigenvalue weighted by Gasteiger charge is 2.27. The Hall–Kier alpha value is -3.00. The Morgan fingerprint density at radius 2 is 1.74 bits per heavy atom. The zero-order valence-corrected chi connectivity index (χ0v) is 19.7. The maximum absolute atomic E-state index is 6.56. The van der Waals surface area contributed by atoms with E-state index in [4.69, 9.17) is 9.47 Å². The second kappa shape index (κ2) is 9.33. The van der Waals surface area contributed by atoms with Gasteiger partial charge in [-0.25, -0.2) is 15.0 Å². The summed E-state index contributed by atoms with van der Waals surface area (Å²) in [6, 6.07) is 6.81. The lowest BCUT2D eigenvalue weighted by Gasteiger charge is -2.31. The van der Waals surface area contributed by atoms with E-state index in [1.165, 1.54) is 18.5 Å².